The molecule has 0 aromatic carbocycles. The zero-order chi connectivity index (χ0) is 12.3. The average Bonchev–Trinajstić information content (AvgIpc) is 2.73. The van der Waals surface area contributed by atoms with Gasteiger partial charge in [-0.25, -0.2) is 0 Å². The van der Waals surface area contributed by atoms with Gasteiger partial charge in [0, 0.05) is 5.41 Å². The van der Waals surface area contributed by atoms with E-state index >= 15 is 0 Å². The van der Waals surface area contributed by atoms with Gasteiger partial charge in [0.15, 0.2) is 0 Å². The Bertz CT molecular complexity index is 380. The maximum atomic E-state index is 3.26. The summed E-state index contributed by atoms with van der Waals surface area (Å²) in [4.78, 5) is 0. The summed E-state index contributed by atoms with van der Waals surface area (Å²) in [6.45, 7) is 6.64. The quantitative estimate of drug-likeness (QED) is 0.588. The molecule has 0 fully saturated rings. The van der Waals surface area contributed by atoms with Crippen LogP contribution in [0, 0.1) is 11.3 Å². The first-order valence-electron chi connectivity index (χ1n) is 6.16. The molecule has 1 aliphatic heterocycles. The van der Waals surface area contributed by atoms with E-state index in [-0.39, 0.29) is 5.41 Å². The van der Waals surface area contributed by atoms with Crippen molar-refractivity contribution in [2.75, 3.05) is 0 Å². The normalized spacial score (nSPS) is 23.2. The van der Waals surface area contributed by atoms with Crippen LogP contribution in [-0.2, 0) is 0 Å². The molecule has 0 aromatic heterocycles. The molecule has 1 heterocycles. The molecular weight excluding hydrogens is 228 g/mol. The van der Waals surface area contributed by atoms with E-state index < -0.39 is 0 Å². The largest absolute Gasteiger partial charge is 0.310 e. The van der Waals surface area contributed by atoms with Crippen molar-refractivity contribution in [3.8, 4) is 0 Å². The van der Waals surface area contributed by atoms with Gasteiger partial charge in [-0.2, -0.15) is 0 Å². The van der Waals surface area contributed by atoms with Crippen molar-refractivity contribution in [3.05, 3.63) is 47.9 Å². The highest BCUT2D eigenvalue weighted by atomic mass is 32.2. The molecule has 92 valence electrons. The molecule has 0 amide bonds. The number of hydrogen-bond donors (Lipinski definition) is 2. The highest BCUT2D eigenvalue weighted by molar-refractivity contribution is 7.96. The van der Waals surface area contributed by atoms with Gasteiger partial charge in [-0.1, -0.05) is 44.6 Å². The average molecular weight is 248 g/mol. The van der Waals surface area contributed by atoms with E-state index in [1.807, 2.05) is 0 Å². The van der Waals surface area contributed by atoms with Crippen molar-refractivity contribution >= 4 is 12.1 Å². The third-order valence-electron chi connectivity index (χ3n) is 3.61. The molecule has 0 saturated heterocycles. The number of nitrogens with one attached hydrogen (secondary N) is 2. The summed E-state index contributed by atoms with van der Waals surface area (Å²) >= 11 is 1.52. The second-order valence-electron chi connectivity index (χ2n) is 4.61. The predicted molar refractivity (Wildman–Crippen MR) is 75.9 cm³/mol. The van der Waals surface area contributed by atoms with Gasteiger partial charge >= 0.3 is 0 Å². The molecule has 0 bridgehead atoms. The summed E-state index contributed by atoms with van der Waals surface area (Å²) in [5.41, 5.74) is 2.38. The van der Waals surface area contributed by atoms with Gasteiger partial charge < -0.3 is 9.44 Å². The van der Waals surface area contributed by atoms with Crippen molar-refractivity contribution in [3.63, 3.8) is 0 Å². The first-order chi connectivity index (χ1) is 8.22. The minimum absolute atomic E-state index is 0.0435. The second-order valence-corrected chi connectivity index (χ2v) is 5.22. The minimum Gasteiger partial charge on any atom is -0.310 e. The van der Waals surface area contributed by atoms with Crippen LogP contribution >= 0.6 is 12.1 Å². The highest BCUT2D eigenvalue weighted by Gasteiger charge is 2.29. The Kier molecular flexibility index (Phi) is 3.67. The van der Waals surface area contributed by atoms with Gasteiger partial charge in [0.25, 0.3) is 0 Å². The summed E-state index contributed by atoms with van der Waals surface area (Å²) in [7, 11) is 0. The Balaban J connectivity index is 2.35. The Hall–Kier alpha value is -1.09. The second kappa shape index (κ2) is 5.05. The first-order valence-corrected chi connectivity index (χ1v) is 6.98. The van der Waals surface area contributed by atoms with Crippen LogP contribution in [-0.4, -0.2) is 0 Å². The molecule has 0 radical (unpaired) electrons. The van der Waals surface area contributed by atoms with Crippen LogP contribution in [0.25, 0.3) is 0 Å². The first kappa shape index (κ1) is 12.4. The maximum Gasteiger partial charge on any atom is 0.0694 e. The number of hydrogen-bond acceptors (Lipinski definition) is 3. The van der Waals surface area contributed by atoms with Crippen LogP contribution in [0.15, 0.2) is 47.9 Å². The Labute approximate surface area is 108 Å². The molecule has 0 aromatic rings. The molecule has 1 unspecified atom stereocenters. The summed E-state index contributed by atoms with van der Waals surface area (Å²) in [5, 5.41) is 0. The van der Waals surface area contributed by atoms with Crippen LogP contribution in [0.2, 0.25) is 0 Å². The lowest BCUT2D eigenvalue weighted by molar-refractivity contribution is 0.385. The van der Waals surface area contributed by atoms with E-state index in [4.69, 9.17) is 0 Å². The number of allylic oxidation sites excluding steroid dienone is 6. The third-order valence-corrected chi connectivity index (χ3v) is 4.25. The van der Waals surface area contributed by atoms with Gasteiger partial charge in [0.05, 0.1) is 23.5 Å². The van der Waals surface area contributed by atoms with Crippen molar-refractivity contribution < 1.29 is 0 Å². The summed E-state index contributed by atoms with van der Waals surface area (Å²) in [5.74, 6) is 0.596. The molecule has 1 atom stereocenters. The molecule has 2 aliphatic rings. The molecule has 1 aliphatic carbocycles. The maximum absolute atomic E-state index is 3.26. The van der Waals surface area contributed by atoms with Gasteiger partial charge in [-0.05, 0) is 25.0 Å². The molecule has 2 nitrogen and oxygen atoms in total. The molecule has 3 heteroatoms. The minimum atomic E-state index is 0.0435. The lowest BCUT2D eigenvalue weighted by Crippen LogP contribution is -2.21. The molecule has 0 saturated carbocycles. The standard InChI is InChI=1S/C14H20N2S/c1-4-8-14(11(3)5-2)9-6-12-13(7-10-14)16-17-15-12/h4,6-11,15-16H,5H2,1-3H3/b8-4+. The topological polar surface area (TPSA) is 24.1 Å². The third kappa shape index (κ3) is 2.29. The van der Waals surface area contributed by atoms with Crippen LogP contribution in [0.1, 0.15) is 27.2 Å². The van der Waals surface area contributed by atoms with Crippen LogP contribution < -0.4 is 9.44 Å². The summed E-state index contributed by atoms with van der Waals surface area (Å²) < 4.78 is 6.52. The monoisotopic (exact) mass is 248 g/mol. The van der Waals surface area contributed by atoms with Crippen LogP contribution in [0.4, 0.5) is 0 Å². The fourth-order valence-electron chi connectivity index (χ4n) is 2.25. The smallest absolute Gasteiger partial charge is 0.0694 e. The van der Waals surface area contributed by atoms with Gasteiger partial charge in [-0.3, -0.25) is 0 Å². The summed E-state index contributed by atoms with van der Waals surface area (Å²) in [6.07, 6.45) is 14.6. The fourth-order valence-corrected chi connectivity index (χ4v) is 2.88. The van der Waals surface area contributed by atoms with Gasteiger partial charge in [0.1, 0.15) is 0 Å². The molecule has 17 heavy (non-hydrogen) atoms. The van der Waals surface area contributed by atoms with Crippen molar-refractivity contribution in [2.45, 2.75) is 27.2 Å². The highest BCUT2D eigenvalue weighted by Crippen LogP contribution is 2.38. The zero-order valence-corrected chi connectivity index (χ0v) is 11.5. The zero-order valence-electron chi connectivity index (χ0n) is 10.7. The van der Waals surface area contributed by atoms with E-state index in [0.717, 1.165) is 0 Å². The Morgan fingerprint density at radius 1 is 1.29 bits per heavy atom. The van der Waals surface area contributed by atoms with Crippen LogP contribution in [0.5, 0.6) is 0 Å². The lowest BCUT2D eigenvalue weighted by atomic mass is 9.74. The van der Waals surface area contributed by atoms with E-state index in [2.05, 4.69) is 66.7 Å². The summed E-state index contributed by atoms with van der Waals surface area (Å²) in [6, 6.07) is 0. The fraction of sp³-hybridized carbons (Fsp3) is 0.429. The van der Waals surface area contributed by atoms with Crippen molar-refractivity contribution in [1.82, 2.24) is 9.44 Å². The van der Waals surface area contributed by atoms with E-state index in [9.17, 15) is 0 Å². The van der Waals surface area contributed by atoms with Gasteiger partial charge in [0.2, 0.25) is 0 Å². The van der Waals surface area contributed by atoms with Crippen molar-refractivity contribution in [1.29, 1.82) is 0 Å². The lowest BCUT2D eigenvalue weighted by Gasteiger charge is -2.30. The van der Waals surface area contributed by atoms with E-state index in [1.165, 1.54) is 29.9 Å². The van der Waals surface area contributed by atoms with E-state index in [1.54, 1.807) is 0 Å². The van der Waals surface area contributed by atoms with Gasteiger partial charge in [-0.15, -0.1) is 0 Å². The SMILES string of the molecule is C/C=C/C1(C(C)CC)C=CC2=C(C=C1)NSN2. The molecular formula is C14H20N2S. The van der Waals surface area contributed by atoms with E-state index in [0.29, 0.717) is 5.92 Å². The Morgan fingerprint density at radius 2 is 1.88 bits per heavy atom. The number of rotatable bonds is 3. The van der Waals surface area contributed by atoms with Crippen molar-refractivity contribution in [2.24, 2.45) is 11.3 Å². The molecule has 2 N–H and O–H groups in total. The molecule has 2 rings (SSSR count). The van der Waals surface area contributed by atoms with Crippen LogP contribution in [0.3, 0.4) is 0 Å². The molecule has 0 spiro atoms. The predicted octanol–water partition coefficient (Wildman–Crippen LogP) is 3.69. The Morgan fingerprint density at radius 3 is 2.35 bits per heavy atom.